The number of nitrogens with zero attached hydrogens (tertiary/aromatic N) is 2. The van der Waals surface area contributed by atoms with Gasteiger partial charge in [-0.2, -0.15) is 0 Å². The summed E-state index contributed by atoms with van der Waals surface area (Å²) in [5.74, 6) is -0.475. The molecule has 0 spiro atoms. The molecule has 4 aromatic rings. The zero-order valence-corrected chi connectivity index (χ0v) is 27.4. The van der Waals surface area contributed by atoms with Crippen molar-refractivity contribution < 1.29 is 28.9 Å². The summed E-state index contributed by atoms with van der Waals surface area (Å²) in [6.07, 6.45) is 1.78. The largest absolute Gasteiger partial charge is 0.493 e. The van der Waals surface area contributed by atoms with Gasteiger partial charge in [-0.05, 0) is 90.4 Å². The van der Waals surface area contributed by atoms with Gasteiger partial charge in [0.15, 0.2) is 16.3 Å². The van der Waals surface area contributed by atoms with Gasteiger partial charge in [0.05, 0.1) is 44.7 Å². The number of benzene rings is 3. The standard InChI is InChI=1S/C33H29IN2O7S/c1-5-42-32(40)27-19(3)35-33-36(28(27)22-10-6-18(2)7-11-22)30(37)26(44-33)16-21-14-24(34)29(25(15-21)41-4)43-17-20-8-12-23(13-9-20)31(38)39/h6-16,28H,5,17H2,1-4H3,(H,38,39)/b26-16+/t28-/m1/s1. The van der Waals surface area contributed by atoms with E-state index in [1.54, 1.807) is 49.8 Å². The molecule has 1 aliphatic rings. The van der Waals surface area contributed by atoms with Crippen LogP contribution in [0.4, 0.5) is 0 Å². The van der Waals surface area contributed by atoms with Crippen molar-refractivity contribution >= 4 is 51.9 Å². The third kappa shape index (κ3) is 6.34. The Morgan fingerprint density at radius 3 is 2.43 bits per heavy atom. The Balaban J connectivity index is 1.53. The number of hydrogen-bond acceptors (Lipinski definition) is 8. The summed E-state index contributed by atoms with van der Waals surface area (Å²) in [4.78, 5) is 43.3. The number of aromatic nitrogens is 1. The van der Waals surface area contributed by atoms with Crippen LogP contribution in [0.25, 0.3) is 6.08 Å². The normalized spacial score (nSPS) is 14.6. The summed E-state index contributed by atoms with van der Waals surface area (Å²) in [6, 6.07) is 17.2. The molecule has 0 aliphatic carbocycles. The highest BCUT2D eigenvalue weighted by Gasteiger charge is 2.33. The first-order valence-corrected chi connectivity index (χ1v) is 15.6. The number of carbonyl (C=O) groups is 2. The number of carboxylic acid groups (broad SMARTS) is 1. The molecular formula is C33H29IN2O7S. The van der Waals surface area contributed by atoms with Crippen molar-refractivity contribution in [3.63, 3.8) is 0 Å². The van der Waals surface area contributed by atoms with E-state index in [4.69, 9.17) is 19.3 Å². The summed E-state index contributed by atoms with van der Waals surface area (Å²) in [5.41, 5.74) is 4.16. The van der Waals surface area contributed by atoms with Crippen LogP contribution in [-0.4, -0.2) is 35.3 Å². The van der Waals surface area contributed by atoms with Crippen LogP contribution < -0.4 is 24.4 Å². The van der Waals surface area contributed by atoms with Gasteiger partial charge in [0, 0.05) is 0 Å². The molecule has 5 rings (SSSR count). The van der Waals surface area contributed by atoms with Gasteiger partial charge in [-0.3, -0.25) is 9.36 Å². The predicted octanol–water partition coefficient (Wildman–Crippen LogP) is 5.00. The molecule has 0 amide bonds. The molecule has 0 saturated heterocycles. The number of ether oxygens (including phenoxy) is 3. The molecule has 0 fully saturated rings. The maximum Gasteiger partial charge on any atom is 0.338 e. The second-order valence-corrected chi connectivity index (χ2v) is 12.2. The molecule has 0 bridgehead atoms. The minimum Gasteiger partial charge on any atom is -0.493 e. The first kappa shape index (κ1) is 31.2. The van der Waals surface area contributed by atoms with Crippen molar-refractivity contribution in [3.05, 3.63) is 123 Å². The highest BCUT2D eigenvalue weighted by atomic mass is 127. The van der Waals surface area contributed by atoms with Crippen molar-refractivity contribution in [1.82, 2.24) is 4.57 Å². The molecule has 0 radical (unpaired) electrons. The molecule has 0 saturated carbocycles. The number of methoxy groups -OCH3 is 1. The lowest BCUT2D eigenvalue weighted by molar-refractivity contribution is -0.139. The highest BCUT2D eigenvalue weighted by molar-refractivity contribution is 14.1. The van der Waals surface area contributed by atoms with E-state index in [1.165, 1.54) is 23.5 Å². The average molecular weight is 725 g/mol. The van der Waals surface area contributed by atoms with E-state index in [9.17, 15) is 14.4 Å². The van der Waals surface area contributed by atoms with E-state index in [0.29, 0.717) is 32.1 Å². The highest BCUT2D eigenvalue weighted by Crippen LogP contribution is 2.35. The second kappa shape index (κ2) is 13.2. The fourth-order valence-electron chi connectivity index (χ4n) is 4.87. The number of rotatable bonds is 9. The molecular weight excluding hydrogens is 695 g/mol. The van der Waals surface area contributed by atoms with Crippen molar-refractivity contribution in [2.45, 2.75) is 33.4 Å². The lowest BCUT2D eigenvalue weighted by atomic mass is 9.95. The molecule has 2 heterocycles. The second-order valence-electron chi connectivity index (χ2n) is 10.0. The van der Waals surface area contributed by atoms with Crippen LogP contribution in [0.15, 0.2) is 81.7 Å². The molecule has 9 nitrogen and oxygen atoms in total. The summed E-state index contributed by atoms with van der Waals surface area (Å²) >= 11 is 3.40. The molecule has 3 aromatic carbocycles. The summed E-state index contributed by atoms with van der Waals surface area (Å²) < 4.78 is 19.8. The zero-order chi connectivity index (χ0) is 31.5. The monoisotopic (exact) mass is 724 g/mol. The number of aromatic carboxylic acids is 1. The van der Waals surface area contributed by atoms with Gasteiger partial charge in [-0.1, -0.05) is 53.3 Å². The van der Waals surface area contributed by atoms with Crippen LogP contribution in [0.5, 0.6) is 11.5 Å². The summed E-state index contributed by atoms with van der Waals surface area (Å²) in [7, 11) is 1.54. The Morgan fingerprint density at radius 2 is 1.80 bits per heavy atom. The van der Waals surface area contributed by atoms with Crippen molar-refractivity contribution in [2.75, 3.05) is 13.7 Å². The Kier molecular flexibility index (Phi) is 9.35. The van der Waals surface area contributed by atoms with Gasteiger partial charge in [-0.25, -0.2) is 14.6 Å². The van der Waals surface area contributed by atoms with Gasteiger partial charge >= 0.3 is 11.9 Å². The molecule has 1 aromatic heterocycles. The maximum absolute atomic E-state index is 13.9. The number of esters is 1. The zero-order valence-electron chi connectivity index (χ0n) is 24.4. The fourth-order valence-corrected chi connectivity index (χ4v) is 6.70. The Hall–Kier alpha value is -4.23. The first-order valence-electron chi connectivity index (χ1n) is 13.7. The number of fused-ring (bicyclic) bond motifs is 1. The minimum absolute atomic E-state index is 0.202. The lowest BCUT2D eigenvalue weighted by Crippen LogP contribution is -2.39. The topological polar surface area (TPSA) is 116 Å². The summed E-state index contributed by atoms with van der Waals surface area (Å²) in [6.45, 7) is 5.90. The van der Waals surface area contributed by atoms with Gasteiger partial charge in [0.2, 0.25) is 0 Å². The number of carbonyl (C=O) groups excluding carboxylic acids is 1. The summed E-state index contributed by atoms with van der Waals surface area (Å²) in [5, 5.41) is 9.13. The SMILES string of the molecule is CCOC(=O)C1=C(C)N=c2s/c(=C/c3cc(I)c(OCc4ccc(C(=O)O)cc4)c(OC)c3)c(=O)n2[C@@H]1c1ccc(C)cc1. The third-order valence-corrected chi connectivity index (χ3v) is 8.83. The molecule has 0 unspecified atom stereocenters. The molecule has 11 heteroatoms. The lowest BCUT2D eigenvalue weighted by Gasteiger charge is -2.24. The van der Waals surface area contributed by atoms with E-state index in [-0.39, 0.29) is 24.3 Å². The Labute approximate surface area is 270 Å². The quantitative estimate of drug-likeness (QED) is 0.191. The first-order chi connectivity index (χ1) is 21.1. The fraction of sp³-hybridized carbons (Fsp3) is 0.212. The van der Waals surface area contributed by atoms with E-state index in [0.717, 1.165) is 25.8 Å². The van der Waals surface area contributed by atoms with Gasteiger partial charge in [0.25, 0.3) is 5.56 Å². The number of carboxylic acids is 1. The number of halogens is 1. The molecule has 1 atom stereocenters. The van der Waals surface area contributed by atoms with E-state index >= 15 is 0 Å². The molecule has 44 heavy (non-hydrogen) atoms. The van der Waals surface area contributed by atoms with Crippen molar-refractivity contribution in [1.29, 1.82) is 0 Å². The van der Waals surface area contributed by atoms with Crippen molar-refractivity contribution in [3.8, 4) is 11.5 Å². The Bertz CT molecular complexity index is 1960. The van der Waals surface area contributed by atoms with Crippen LogP contribution in [0.3, 0.4) is 0 Å². The molecule has 226 valence electrons. The van der Waals surface area contributed by atoms with Gasteiger partial charge in [-0.15, -0.1) is 0 Å². The number of allylic oxidation sites excluding steroid dienone is 1. The van der Waals surface area contributed by atoms with Gasteiger partial charge < -0.3 is 19.3 Å². The van der Waals surface area contributed by atoms with E-state index in [1.807, 2.05) is 37.3 Å². The smallest absolute Gasteiger partial charge is 0.338 e. The van der Waals surface area contributed by atoms with Crippen LogP contribution in [0, 0.1) is 10.5 Å². The van der Waals surface area contributed by atoms with E-state index < -0.39 is 18.0 Å². The van der Waals surface area contributed by atoms with Crippen LogP contribution in [0.1, 0.15) is 52.5 Å². The predicted molar refractivity (Wildman–Crippen MR) is 175 cm³/mol. The maximum atomic E-state index is 13.9. The molecule has 1 N–H and O–H groups in total. The van der Waals surface area contributed by atoms with Crippen LogP contribution in [0.2, 0.25) is 0 Å². The van der Waals surface area contributed by atoms with Gasteiger partial charge in [0.1, 0.15) is 6.61 Å². The third-order valence-electron chi connectivity index (χ3n) is 7.04. The Morgan fingerprint density at radius 1 is 1.09 bits per heavy atom. The number of thiazole rings is 1. The minimum atomic E-state index is -0.989. The average Bonchev–Trinajstić information content (AvgIpc) is 3.30. The van der Waals surface area contributed by atoms with Crippen LogP contribution in [-0.2, 0) is 16.1 Å². The van der Waals surface area contributed by atoms with Crippen LogP contribution >= 0.6 is 33.9 Å². The number of hydrogen-bond donors (Lipinski definition) is 1. The van der Waals surface area contributed by atoms with Crippen molar-refractivity contribution in [2.24, 2.45) is 4.99 Å². The number of aryl methyl sites for hydroxylation is 1. The van der Waals surface area contributed by atoms with E-state index in [2.05, 4.69) is 27.6 Å². The molecule has 1 aliphatic heterocycles.